The first-order valence-corrected chi connectivity index (χ1v) is 8.16. The predicted octanol–water partition coefficient (Wildman–Crippen LogP) is 1.35. The van der Waals surface area contributed by atoms with Crippen molar-refractivity contribution in [3.63, 3.8) is 0 Å². The van der Waals surface area contributed by atoms with E-state index in [1.54, 1.807) is 10.9 Å². The summed E-state index contributed by atoms with van der Waals surface area (Å²) < 4.78 is 7.98. The molecule has 2 rings (SSSR count). The highest BCUT2D eigenvalue weighted by atomic mass is 79.9. The Labute approximate surface area is 133 Å². The van der Waals surface area contributed by atoms with Crippen LogP contribution in [0, 0.1) is 6.92 Å². The van der Waals surface area contributed by atoms with Gasteiger partial charge in [0.15, 0.2) is 0 Å². The van der Waals surface area contributed by atoms with Crippen LogP contribution in [0.15, 0.2) is 10.7 Å². The maximum atomic E-state index is 12.1. The summed E-state index contributed by atoms with van der Waals surface area (Å²) in [6.45, 7) is 9.12. The number of rotatable bonds is 6. The van der Waals surface area contributed by atoms with Gasteiger partial charge >= 0.3 is 0 Å². The van der Waals surface area contributed by atoms with Crippen LogP contribution in [0.4, 0.5) is 0 Å². The molecule has 0 aliphatic carbocycles. The molecule has 1 fully saturated rings. The van der Waals surface area contributed by atoms with Crippen molar-refractivity contribution in [2.75, 3.05) is 39.4 Å². The molecule has 7 heteroatoms. The van der Waals surface area contributed by atoms with E-state index in [0.717, 1.165) is 49.4 Å². The maximum absolute atomic E-state index is 12.1. The molecule has 6 nitrogen and oxygen atoms in total. The van der Waals surface area contributed by atoms with E-state index < -0.39 is 0 Å². The van der Waals surface area contributed by atoms with E-state index in [9.17, 15) is 4.79 Å². The lowest BCUT2D eigenvalue weighted by molar-refractivity contribution is -0.124. The molecule has 0 bridgehead atoms. The second-order valence-corrected chi connectivity index (χ2v) is 6.15. The second-order valence-electron chi connectivity index (χ2n) is 5.30. The minimum atomic E-state index is -0.292. The SMILES string of the molecule is Cc1c(Br)cnn1[C@@H](C)C(=O)NCCCN1CCOCC1. The zero-order valence-electron chi connectivity index (χ0n) is 12.6. The highest BCUT2D eigenvalue weighted by Gasteiger charge is 2.18. The molecule has 1 amide bonds. The number of nitrogens with one attached hydrogen (secondary N) is 1. The van der Waals surface area contributed by atoms with Crippen molar-refractivity contribution in [3.8, 4) is 0 Å². The van der Waals surface area contributed by atoms with E-state index in [4.69, 9.17) is 4.74 Å². The molecule has 0 saturated carbocycles. The molecule has 0 aromatic carbocycles. The zero-order valence-corrected chi connectivity index (χ0v) is 14.2. The summed E-state index contributed by atoms with van der Waals surface area (Å²) in [5, 5.41) is 7.21. The lowest BCUT2D eigenvalue weighted by atomic mass is 10.3. The van der Waals surface area contributed by atoms with Crippen molar-refractivity contribution >= 4 is 21.8 Å². The van der Waals surface area contributed by atoms with Gasteiger partial charge in [0.1, 0.15) is 6.04 Å². The highest BCUT2D eigenvalue weighted by Crippen LogP contribution is 2.18. The molecule has 1 aliphatic rings. The van der Waals surface area contributed by atoms with Crippen molar-refractivity contribution in [1.82, 2.24) is 20.0 Å². The molecule has 1 N–H and O–H groups in total. The fourth-order valence-electron chi connectivity index (χ4n) is 2.39. The van der Waals surface area contributed by atoms with E-state index in [2.05, 4.69) is 31.2 Å². The topological polar surface area (TPSA) is 59.4 Å². The zero-order chi connectivity index (χ0) is 15.2. The average molecular weight is 359 g/mol. The van der Waals surface area contributed by atoms with Crippen molar-refractivity contribution in [3.05, 3.63) is 16.4 Å². The largest absolute Gasteiger partial charge is 0.379 e. The Bertz CT molecular complexity index is 472. The summed E-state index contributed by atoms with van der Waals surface area (Å²) >= 11 is 3.41. The van der Waals surface area contributed by atoms with Gasteiger partial charge in [0, 0.05) is 19.6 Å². The van der Waals surface area contributed by atoms with Crippen molar-refractivity contribution in [2.24, 2.45) is 0 Å². The van der Waals surface area contributed by atoms with Gasteiger partial charge in [-0.25, -0.2) is 0 Å². The number of ether oxygens (including phenoxy) is 1. The molecule has 0 radical (unpaired) electrons. The first kappa shape index (κ1) is 16.5. The van der Waals surface area contributed by atoms with Gasteiger partial charge in [-0.2, -0.15) is 5.10 Å². The highest BCUT2D eigenvalue weighted by molar-refractivity contribution is 9.10. The normalized spacial score (nSPS) is 17.7. The Morgan fingerprint density at radius 3 is 2.86 bits per heavy atom. The summed E-state index contributed by atoms with van der Waals surface area (Å²) in [5.41, 5.74) is 0.964. The van der Waals surface area contributed by atoms with Crippen LogP contribution in [-0.2, 0) is 9.53 Å². The van der Waals surface area contributed by atoms with Gasteiger partial charge in [-0.15, -0.1) is 0 Å². The molecule has 0 unspecified atom stereocenters. The number of hydrogen-bond donors (Lipinski definition) is 1. The first-order chi connectivity index (χ1) is 10.1. The Balaban J connectivity index is 1.70. The lowest BCUT2D eigenvalue weighted by Crippen LogP contribution is -2.39. The third kappa shape index (κ3) is 4.52. The summed E-state index contributed by atoms with van der Waals surface area (Å²) in [6.07, 6.45) is 2.68. The molecular weight excluding hydrogens is 336 g/mol. The summed E-state index contributed by atoms with van der Waals surface area (Å²) in [6, 6.07) is -0.292. The van der Waals surface area contributed by atoms with Crippen LogP contribution in [-0.4, -0.2) is 60.0 Å². The van der Waals surface area contributed by atoms with Crippen molar-refractivity contribution < 1.29 is 9.53 Å². The van der Waals surface area contributed by atoms with E-state index in [1.165, 1.54) is 0 Å². The van der Waals surface area contributed by atoms with Crippen LogP contribution < -0.4 is 5.32 Å². The van der Waals surface area contributed by atoms with Crippen LogP contribution in [0.3, 0.4) is 0 Å². The Morgan fingerprint density at radius 1 is 1.52 bits per heavy atom. The fourth-order valence-corrected chi connectivity index (χ4v) is 2.66. The molecule has 21 heavy (non-hydrogen) atoms. The molecule has 1 aromatic heterocycles. The summed E-state index contributed by atoms with van der Waals surface area (Å²) in [4.78, 5) is 14.5. The van der Waals surface area contributed by atoms with Gasteiger partial charge in [-0.05, 0) is 42.7 Å². The van der Waals surface area contributed by atoms with Gasteiger partial charge in [0.25, 0.3) is 0 Å². The molecule has 2 heterocycles. The van der Waals surface area contributed by atoms with Crippen molar-refractivity contribution in [2.45, 2.75) is 26.3 Å². The maximum Gasteiger partial charge on any atom is 0.244 e. The second kappa shape index (κ2) is 7.91. The van der Waals surface area contributed by atoms with E-state index in [0.29, 0.717) is 6.54 Å². The quantitative estimate of drug-likeness (QED) is 0.780. The molecular formula is C14H23BrN4O2. The third-order valence-corrected chi connectivity index (χ3v) is 4.56. The predicted molar refractivity (Wildman–Crippen MR) is 84.3 cm³/mol. The van der Waals surface area contributed by atoms with Gasteiger partial charge in [-0.3, -0.25) is 14.4 Å². The minimum Gasteiger partial charge on any atom is -0.379 e. The average Bonchev–Trinajstić information content (AvgIpc) is 2.83. The van der Waals surface area contributed by atoms with Gasteiger partial charge in [0.2, 0.25) is 5.91 Å². The van der Waals surface area contributed by atoms with E-state index >= 15 is 0 Å². The monoisotopic (exact) mass is 358 g/mol. The van der Waals surface area contributed by atoms with Crippen LogP contribution in [0.1, 0.15) is 25.1 Å². The smallest absolute Gasteiger partial charge is 0.244 e. The molecule has 1 aromatic rings. The Hall–Kier alpha value is -0.920. The Morgan fingerprint density at radius 2 is 2.24 bits per heavy atom. The summed E-state index contributed by atoms with van der Waals surface area (Å²) in [5.74, 6) is 0.00989. The van der Waals surface area contributed by atoms with Crippen LogP contribution in [0.2, 0.25) is 0 Å². The standard InChI is InChI=1S/C14H23BrN4O2/c1-11-13(15)10-17-19(11)12(2)14(20)16-4-3-5-18-6-8-21-9-7-18/h10,12H,3-9H2,1-2H3,(H,16,20)/t12-/m0/s1. The van der Waals surface area contributed by atoms with E-state index in [-0.39, 0.29) is 11.9 Å². The Kier molecular flexibility index (Phi) is 6.20. The van der Waals surface area contributed by atoms with E-state index in [1.807, 2.05) is 13.8 Å². The molecule has 118 valence electrons. The number of carbonyl (C=O) groups excluding carboxylic acids is 1. The first-order valence-electron chi connectivity index (χ1n) is 7.37. The number of aromatic nitrogens is 2. The van der Waals surface area contributed by atoms with Gasteiger partial charge in [0.05, 0.1) is 29.6 Å². The lowest BCUT2D eigenvalue weighted by Gasteiger charge is -2.26. The van der Waals surface area contributed by atoms with Crippen LogP contribution in [0.25, 0.3) is 0 Å². The number of morpholine rings is 1. The number of nitrogens with zero attached hydrogens (tertiary/aromatic N) is 3. The van der Waals surface area contributed by atoms with Crippen molar-refractivity contribution in [1.29, 1.82) is 0 Å². The van der Waals surface area contributed by atoms with Gasteiger partial charge in [-0.1, -0.05) is 0 Å². The molecule has 1 aliphatic heterocycles. The fraction of sp³-hybridized carbons (Fsp3) is 0.714. The van der Waals surface area contributed by atoms with Gasteiger partial charge < -0.3 is 10.1 Å². The van der Waals surface area contributed by atoms with Crippen LogP contribution >= 0.6 is 15.9 Å². The molecule has 0 spiro atoms. The number of amides is 1. The minimum absolute atomic E-state index is 0.00989. The number of halogens is 1. The number of carbonyl (C=O) groups is 1. The molecule has 1 atom stereocenters. The van der Waals surface area contributed by atoms with Crippen LogP contribution in [0.5, 0.6) is 0 Å². The number of hydrogen-bond acceptors (Lipinski definition) is 4. The third-order valence-electron chi connectivity index (χ3n) is 3.79. The molecule has 1 saturated heterocycles. The summed E-state index contributed by atoms with van der Waals surface area (Å²) in [7, 11) is 0.